The molecular formula is C12H25N3O. The molecule has 1 aliphatic heterocycles. The maximum Gasteiger partial charge on any atom is 0.242 e. The van der Waals surface area contributed by atoms with Gasteiger partial charge in [-0.15, -0.1) is 0 Å². The van der Waals surface area contributed by atoms with E-state index in [1.807, 2.05) is 32.8 Å². The van der Waals surface area contributed by atoms with E-state index in [9.17, 15) is 4.79 Å². The summed E-state index contributed by atoms with van der Waals surface area (Å²) in [6, 6.07) is 0.399. The van der Waals surface area contributed by atoms with E-state index in [1.165, 1.54) is 0 Å². The van der Waals surface area contributed by atoms with Gasteiger partial charge in [-0.25, -0.2) is 0 Å². The fraction of sp³-hybridized carbons (Fsp3) is 0.917. The Balaban J connectivity index is 2.57. The minimum atomic E-state index is -0.460. The van der Waals surface area contributed by atoms with Crippen molar-refractivity contribution < 1.29 is 4.79 Å². The zero-order chi connectivity index (χ0) is 12.3. The number of nitrogens with zero attached hydrogens (tertiary/aromatic N) is 2. The van der Waals surface area contributed by atoms with E-state index in [4.69, 9.17) is 0 Å². The summed E-state index contributed by atoms with van der Waals surface area (Å²) in [5.41, 5.74) is -0.460. The third-order valence-corrected chi connectivity index (χ3v) is 3.72. The van der Waals surface area contributed by atoms with Gasteiger partial charge >= 0.3 is 0 Å². The van der Waals surface area contributed by atoms with Crippen LogP contribution in [-0.2, 0) is 4.79 Å². The smallest absolute Gasteiger partial charge is 0.242 e. The summed E-state index contributed by atoms with van der Waals surface area (Å²) in [4.78, 5) is 16.5. The molecule has 0 unspecified atom stereocenters. The van der Waals surface area contributed by atoms with Crippen molar-refractivity contribution in [3.8, 4) is 0 Å². The molecule has 0 bridgehead atoms. The molecule has 4 heteroatoms. The molecule has 0 aliphatic carbocycles. The normalized spacial score (nSPS) is 19.8. The Morgan fingerprint density at radius 2 is 1.88 bits per heavy atom. The Kier molecular flexibility index (Phi) is 4.33. The van der Waals surface area contributed by atoms with Gasteiger partial charge in [-0.1, -0.05) is 0 Å². The SMILES string of the molecule is CNC(C)(C)C(=O)N(C)C1CCN(C)CC1. The molecule has 94 valence electrons. The van der Waals surface area contributed by atoms with Crippen molar-refractivity contribution in [2.24, 2.45) is 0 Å². The average Bonchev–Trinajstić information content (AvgIpc) is 2.28. The van der Waals surface area contributed by atoms with Gasteiger partial charge in [-0.05, 0) is 53.9 Å². The first-order chi connectivity index (χ1) is 7.38. The van der Waals surface area contributed by atoms with E-state index in [-0.39, 0.29) is 5.91 Å². The minimum absolute atomic E-state index is 0.185. The van der Waals surface area contributed by atoms with Gasteiger partial charge in [0.2, 0.25) is 5.91 Å². The number of hydrogen-bond acceptors (Lipinski definition) is 3. The first-order valence-corrected chi connectivity index (χ1v) is 6.03. The molecule has 0 aromatic heterocycles. The molecule has 0 radical (unpaired) electrons. The third kappa shape index (κ3) is 2.95. The lowest BCUT2D eigenvalue weighted by Crippen LogP contribution is -2.55. The van der Waals surface area contributed by atoms with E-state index in [1.54, 1.807) is 0 Å². The molecule has 1 rings (SSSR count). The lowest BCUT2D eigenvalue weighted by Gasteiger charge is -2.38. The Hall–Kier alpha value is -0.610. The lowest BCUT2D eigenvalue weighted by atomic mass is 9.99. The second-order valence-corrected chi connectivity index (χ2v) is 5.33. The van der Waals surface area contributed by atoms with Crippen LogP contribution in [0, 0.1) is 0 Å². The molecule has 1 fully saturated rings. The fourth-order valence-electron chi connectivity index (χ4n) is 2.10. The van der Waals surface area contributed by atoms with Gasteiger partial charge in [-0.3, -0.25) is 4.79 Å². The molecule has 1 aliphatic rings. The van der Waals surface area contributed by atoms with Gasteiger partial charge in [0.05, 0.1) is 5.54 Å². The van der Waals surface area contributed by atoms with Crippen LogP contribution in [0.25, 0.3) is 0 Å². The van der Waals surface area contributed by atoms with Gasteiger partial charge in [0, 0.05) is 13.1 Å². The monoisotopic (exact) mass is 227 g/mol. The van der Waals surface area contributed by atoms with Crippen molar-refractivity contribution in [1.82, 2.24) is 15.1 Å². The molecule has 16 heavy (non-hydrogen) atoms. The highest BCUT2D eigenvalue weighted by Crippen LogP contribution is 2.17. The number of piperidine rings is 1. The summed E-state index contributed by atoms with van der Waals surface area (Å²) in [5.74, 6) is 0.185. The van der Waals surface area contributed by atoms with Crippen LogP contribution in [0.15, 0.2) is 0 Å². The number of rotatable bonds is 3. The van der Waals surface area contributed by atoms with Crippen LogP contribution >= 0.6 is 0 Å². The van der Waals surface area contributed by atoms with Gasteiger partial charge in [0.15, 0.2) is 0 Å². The van der Waals surface area contributed by atoms with E-state index in [0.717, 1.165) is 25.9 Å². The van der Waals surface area contributed by atoms with E-state index >= 15 is 0 Å². The highest BCUT2D eigenvalue weighted by atomic mass is 16.2. The maximum absolute atomic E-state index is 12.2. The predicted molar refractivity (Wildman–Crippen MR) is 66.4 cm³/mol. The van der Waals surface area contributed by atoms with Gasteiger partial charge in [0.1, 0.15) is 0 Å². The van der Waals surface area contributed by atoms with Gasteiger partial charge in [0.25, 0.3) is 0 Å². The fourth-order valence-corrected chi connectivity index (χ4v) is 2.10. The van der Waals surface area contributed by atoms with Crippen LogP contribution in [0.2, 0.25) is 0 Å². The molecule has 0 spiro atoms. The molecule has 1 N–H and O–H groups in total. The number of likely N-dealkylation sites (N-methyl/N-ethyl adjacent to an activating group) is 2. The highest BCUT2D eigenvalue weighted by Gasteiger charge is 2.32. The maximum atomic E-state index is 12.2. The summed E-state index contributed by atoms with van der Waals surface area (Å²) in [6.07, 6.45) is 2.16. The van der Waals surface area contributed by atoms with Crippen molar-refractivity contribution in [3.05, 3.63) is 0 Å². The minimum Gasteiger partial charge on any atom is -0.341 e. The summed E-state index contributed by atoms with van der Waals surface area (Å²) in [5, 5.41) is 3.07. The molecule has 0 aromatic rings. The molecule has 0 saturated carbocycles. The van der Waals surface area contributed by atoms with E-state index < -0.39 is 5.54 Å². The molecule has 0 aromatic carbocycles. The van der Waals surface area contributed by atoms with Crippen molar-refractivity contribution in [2.75, 3.05) is 34.2 Å². The Morgan fingerprint density at radius 3 is 2.31 bits per heavy atom. The van der Waals surface area contributed by atoms with Crippen LogP contribution < -0.4 is 5.32 Å². The average molecular weight is 227 g/mol. The number of amides is 1. The van der Waals surface area contributed by atoms with Gasteiger partial charge < -0.3 is 15.1 Å². The van der Waals surface area contributed by atoms with Crippen LogP contribution in [0.3, 0.4) is 0 Å². The molecule has 1 saturated heterocycles. The van der Waals surface area contributed by atoms with Crippen molar-refractivity contribution in [3.63, 3.8) is 0 Å². The predicted octanol–water partition coefficient (Wildman–Crippen LogP) is 0.537. The summed E-state index contributed by atoms with van der Waals surface area (Å²) < 4.78 is 0. The highest BCUT2D eigenvalue weighted by molar-refractivity contribution is 5.85. The second-order valence-electron chi connectivity index (χ2n) is 5.33. The number of carbonyl (C=O) groups excluding carboxylic acids is 1. The van der Waals surface area contributed by atoms with Crippen LogP contribution in [0.1, 0.15) is 26.7 Å². The van der Waals surface area contributed by atoms with E-state index in [2.05, 4.69) is 17.3 Å². The molecule has 1 amide bonds. The third-order valence-electron chi connectivity index (χ3n) is 3.72. The van der Waals surface area contributed by atoms with E-state index in [0.29, 0.717) is 6.04 Å². The summed E-state index contributed by atoms with van der Waals surface area (Å²) in [6.45, 7) is 6.03. The zero-order valence-corrected chi connectivity index (χ0v) is 11.2. The van der Waals surface area contributed by atoms with Crippen LogP contribution in [-0.4, -0.2) is 61.5 Å². The largest absolute Gasteiger partial charge is 0.341 e. The molecule has 0 atom stereocenters. The van der Waals surface area contributed by atoms with Gasteiger partial charge in [-0.2, -0.15) is 0 Å². The number of hydrogen-bond donors (Lipinski definition) is 1. The van der Waals surface area contributed by atoms with Crippen molar-refractivity contribution in [1.29, 1.82) is 0 Å². The Labute approximate surface area is 99.0 Å². The standard InChI is InChI=1S/C12H25N3O/c1-12(2,13-3)11(16)15(5)10-6-8-14(4)9-7-10/h10,13H,6-9H2,1-5H3. The van der Waals surface area contributed by atoms with Crippen molar-refractivity contribution in [2.45, 2.75) is 38.3 Å². The molecule has 4 nitrogen and oxygen atoms in total. The number of likely N-dealkylation sites (tertiary alicyclic amines) is 1. The summed E-state index contributed by atoms with van der Waals surface area (Å²) >= 11 is 0. The van der Waals surface area contributed by atoms with Crippen LogP contribution in [0.4, 0.5) is 0 Å². The number of nitrogens with one attached hydrogen (secondary N) is 1. The second kappa shape index (κ2) is 5.15. The van der Waals surface area contributed by atoms with Crippen LogP contribution in [0.5, 0.6) is 0 Å². The zero-order valence-electron chi connectivity index (χ0n) is 11.2. The lowest BCUT2D eigenvalue weighted by molar-refractivity contribution is -0.138. The molecule has 1 heterocycles. The number of carbonyl (C=O) groups is 1. The Morgan fingerprint density at radius 1 is 1.38 bits per heavy atom. The first-order valence-electron chi connectivity index (χ1n) is 6.03. The molecular weight excluding hydrogens is 202 g/mol. The Bertz CT molecular complexity index is 245. The summed E-state index contributed by atoms with van der Waals surface area (Å²) in [7, 11) is 5.90. The quantitative estimate of drug-likeness (QED) is 0.764. The topological polar surface area (TPSA) is 35.6 Å². The first kappa shape index (κ1) is 13.5. The van der Waals surface area contributed by atoms with Crippen molar-refractivity contribution >= 4 is 5.91 Å².